The number of aliphatic hydroxyl groups excluding tert-OH is 2. The zero-order valence-electron chi connectivity index (χ0n) is 15.2. The fraction of sp³-hybridized carbons (Fsp3) is 1.00. The lowest BCUT2D eigenvalue weighted by Crippen LogP contribution is -2.46. The highest BCUT2D eigenvalue weighted by atomic mass is 16.3. The van der Waals surface area contributed by atoms with Gasteiger partial charge in [0, 0.05) is 6.61 Å². The van der Waals surface area contributed by atoms with Gasteiger partial charge in [-0.25, -0.2) is 0 Å². The van der Waals surface area contributed by atoms with Gasteiger partial charge in [-0.3, -0.25) is 0 Å². The summed E-state index contributed by atoms with van der Waals surface area (Å²) in [4.78, 5) is 0. The summed E-state index contributed by atoms with van der Waals surface area (Å²) in [6, 6.07) is 0. The lowest BCUT2D eigenvalue weighted by atomic mass is 9.79. The number of hydrogen-bond acceptors (Lipinski definition) is 3. The van der Waals surface area contributed by atoms with Crippen molar-refractivity contribution >= 4 is 0 Å². The second-order valence-corrected chi connectivity index (χ2v) is 7.01. The molecule has 0 aromatic heterocycles. The maximum Gasteiger partial charge on any atom is 0.0908 e. The molecule has 0 amide bonds. The van der Waals surface area contributed by atoms with Crippen LogP contribution in [0.5, 0.6) is 0 Å². The van der Waals surface area contributed by atoms with Crippen molar-refractivity contribution in [3.05, 3.63) is 0 Å². The quantitative estimate of drug-likeness (QED) is 0.392. The average molecular weight is 317 g/mol. The molecule has 3 N–H and O–H groups in total. The van der Waals surface area contributed by atoms with Crippen LogP contribution >= 0.6 is 0 Å². The van der Waals surface area contributed by atoms with E-state index >= 15 is 0 Å². The minimum atomic E-state index is -0.916. The van der Waals surface area contributed by atoms with Crippen molar-refractivity contribution in [1.82, 2.24) is 0 Å². The van der Waals surface area contributed by atoms with Crippen LogP contribution < -0.4 is 0 Å². The maximum atomic E-state index is 11.0. The van der Waals surface area contributed by atoms with Gasteiger partial charge in [0.05, 0.1) is 11.7 Å². The molecule has 0 radical (unpaired) electrons. The van der Waals surface area contributed by atoms with E-state index in [0.29, 0.717) is 12.8 Å². The Morgan fingerprint density at radius 2 is 1.36 bits per heavy atom. The summed E-state index contributed by atoms with van der Waals surface area (Å²) in [5.41, 5.74) is -0.916. The van der Waals surface area contributed by atoms with E-state index in [1.165, 1.54) is 0 Å². The van der Waals surface area contributed by atoms with Gasteiger partial charge < -0.3 is 15.3 Å². The van der Waals surface area contributed by atoms with Gasteiger partial charge in [-0.2, -0.15) is 0 Å². The molecular formula is C19H40O3. The lowest BCUT2D eigenvalue weighted by molar-refractivity contribution is -0.111. The summed E-state index contributed by atoms with van der Waals surface area (Å²) in [5.74, 6) is 0.158. The predicted octanol–water partition coefficient (Wildman–Crippen LogP) is 4.43. The molecule has 0 aromatic carbocycles. The van der Waals surface area contributed by atoms with E-state index in [9.17, 15) is 10.2 Å². The summed E-state index contributed by atoms with van der Waals surface area (Å²) in [5, 5.41) is 30.4. The van der Waals surface area contributed by atoms with Crippen LogP contribution in [0.15, 0.2) is 0 Å². The van der Waals surface area contributed by atoms with Gasteiger partial charge in [0.2, 0.25) is 0 Å². The Balaban J connectivity index is 4.37. The van der Waals surface area contributed by atoms with Crippen molar-refractivity contribution in [3.63, 3.8) is 0 Å². The van der Waals surface area contributed by atoms with Gasteiger partial charge in [-0.1, -0.05) is 72.1 Å². The van der Waals surface area contributed by atoms with Crippen LogP contribution in [-0.4, -0.2) is 33.6 Å². The molecule has 0 saturated carbocycles. The average Bonchev–Trinajstić information content (AvgIpc) is 2.50. The molecule has 0 heterocycles. The molecule has 0 aliphatic carbocycles. The summed E-state index contributed by atoms with van der Waals surface area (Å²) < 4.78 is 0. The molecule has 0 aromatic rings. The molecule has 0 aliphatic rings. The van der Waals surface area contributed by atoms with Crippen molar-refractivity contribution in [2.75, 3.05) is 6.61 Å². The van der Waals surface area contributed by atoms with Gasteiger partial charge in [0.1, 0.15) is 0 Å². The van der Waals surface area contributed by atoms with Crippen LogP contribution in [-0.2, 0) is 0 Å². The zero-order chi connectivity index (χ0) is 16.8. The van der Waals surface area contributed by atoms with E-state index in [0.717, 1.165) is 64.2 Å². The Kier molecular flexibility index (Phi) is 13.3. The topological polar surface area (TPSA) is 60.7 Å². The van der Waals surface area contributed by atoms with Crippen molar-refractivity contribution in [2.24, 2.45) is 5.92 Å². The van der Waals surface area contributed by atoms with Gasteiger partial charge in [0.15, 0.2) is 0 Å². The lowest BCUT2D eigenvalue weighted by Gasteiger charge is -2.37. The van der Waals surface area contributed by atoms with Crippen LogP contribution in [0.4, 0.5) is 0 Å². The third-order valence-electron chi connectivity index (χ3n) is 4.81. The highest BCUT2D eigenvalue weighted by Gasteiger charge is 2.37. The molecule has 0 fully saturated rings. The van der Waals surface area contributed by atoms with Crippen molar-refractivity contribution in [2.45, 2.75) is 110 Å². The third kappa shape index (κ3) is 9.12. The second kappa shape index (κ2) is 13.3. The number of rotatable bonds is 15. The smallest absolute Gasteiger partial charge is 0.0908 e. The van der Waals surface area contributed by atoms with Crippen molar-refractivity contribution < 1.29 is 15.3 Å². The maximum absolute atomic E-state index is 11.0. The Morgan fingerprint density at radius 3 is 1.91 bits per heavy atom. The highest BCUT2D eigenvalue weighted by molar-refractivity contribution is 4.89. The van der Waals surface area contributed by atoms with Gasteiger partial charge >= 0.3 is 0 Å². The second-order valence-electron chi connectivity index (χ2n) is 7.01. The fourth-order valence-electron chi connectivity index (χ4n) is 3.32. The number of aliphatic hydroxyl groups is 3. The van der Waals surface area contributed by atoms with Gasteiger partial charge in [-0.05, 0) is 31.6 Å². The fourth-order valence-corrected chi connectivity index (χ4v) is 3.32. The van der Waals surface area contributed by atoms with E-state index < -0.39 is 11.7 Å². The molecule has 3 heteroatoms. The van der Waals surface area contributed by atoms with Crippen LogP contribution in [0.1, 0.15) is 97.8 Å². The molecule has 0 aliphatic heterocycles. The highest BCUT2D eigenvalue weighted by Crippen LogP contribution is 2.31. The Labute approximate surface area is 138 Å². The molecule has 0 rings (SSSR count). The molecule has 3 unspecified atom stereocenters. The Bertz CT molecular complexity index is 245. The molecule has 22 heavy (non-hydrogen) atoms. The minimum Gasteiger partial charge on any atom is -0.396 e. The monoisotopic (exact) mass is 316 g/mol. The van der Waals surface area contributed by atoms with E-state index in [1.54, 1.807) is 0 Å². The summed E-state index contributed by atoms with van der Waals surface area (Å²) in [6.45, 7) is 6.62. The van der Waals surface area contributed by atoms with E-state index in [4.69, 9.17) is 5.11 Å². The van der Waals surface area contributed by atoms with Crippen LogP contribution in [0.2, 0.25) is 0 Å². The van der Waals surface area contributed by atoms with E-state index in [2.05, 4.69) is 20.8 Å². The first-order valence-electron chi connectivity index (χ1n) is 9.53. The summed E-state index contributed by atoms with van der Waals surface area (Å²) in [7, 11) is 0. The molecule has 3 atom stereocenters. The van der Waals surface area contributed by atoms with Gasteiger partial charge in [0.25, 0.3) is 0 Å². The van der Waals surface area contributed by atoms with Gasteiger partial charge in [-0.15, -0.1) is 0 Å². The molecule has 0 spiro atoms. The molecule has 134 valence electrons. The molecular weight excluding hydrogens is 276 g/mol. The summed E-state index contributed by atoms with van der Waals surface area (Å²) in [6.07, 6.45) is 11.1. The SMILES string of the molecule is CCCCCC(O)(CCCCCCCO)C(O)C(C)CCC. The Hall–Kier alpha value is -0.120. The molecule has 3 nitrogen and oxygen atoms in total. The minimum absolute atomic E-state index is 0.158. The number of unbranched alkanes of at least 4 members (excludes halogenated alkanes) is 6. The number of hydrogen-bond donors (Lipinski definition) is 3. The normalized spacial score (nSPS) is 17.2. The Morgan fingerprint density at radius 1 is 0.818 bits per heavy atom. The van der Waals surface area contributed by atoms with E-state index in [-0.39, 0.29) is 12.5 Å². The first-order chi connectivity index (χ1) is 10.5. The summed E-state index contributed by atoms with van der Waals surface area (Å²) >= 11 is 0. The van der Waals surface area contributed by atoms with Crippen LogP contribution in [0, 0.1) is 5.92 Å². The first-order valence-corrected chi connectivity index (χ1v) is 9.53. The van der Waals surface area contributed by atoms with Crippen molar-refractivity contribution in [1.29, 1.82) is 0 Å². The zero-order valence-corrected chi connectivity index (χ0v) is 15.2. The largest absolute Gasteiger partial charge is 0.396 e. The standard InChI is InChI=1S/C19H40O3/c1-4-6-10-14-19(22,18(21)17(3)13-5-2)15-11-8-7-9-12-16-20/h17-18,20-22H,4-16H2,1-3H3. The third-order valence-corrected chi connectivity index (χ3v) is 4.81. The van der Waals surface area contributed by atoms with Crippen LogP contribution in [0.3, 0.4) is 0 Å². The van der Waals surface area contributed by atoms with E-state index in [1.807, 2.05) is 0 Å². The predicted molar refractivity (Wildman–Crippen MR) is 94.0 cm³/mol. The van der Waals surface area contributed by atoms with Crippen LogP contribution in [0.25, 0.3) is 0 Å². The molecule has 0 bridgehead atoms. The first kappa shape index (κ1) is 21.9. The van der Waals surface area contributed by atoms with Crippen molar-refractivity contribution in [3.8, 4) is 0 Å². The molecule has 0 saturated heterocycles.